The summed E-state index contributed by atoms with van der Waals surface area (Å²) in [7, 11) is 1.08. The molecule has 0 aromatic rings. The number of carbonyl (C=O) groups excluding carboxylic acids is 4. The lowest BCUT2D eigenvalue weighted by Gasteiger charge is -2.67. The molecule has 214 valence electrons. The molecule has 0 radical (unpaired) electrons. The fourth-order valence-corrected chi connectivity index (χ4v) is 8.32. The first-order valence-corrected chi connectivity index (χ1v) is 13.3. The monoisotopic (exact) mass is 548 g/mol. The molecule has 39 heavy (non-hydrogen) atoms. The summed E-state index contributed by atoms with van der Waals surface area (Å²) in [6.07, 6.45) is -5.02. The third kappa shape index (κ3) is 3.36. The van der Waals surface area contributed by atoms with Crippen molar-refractivity contribution in [1.82, 2.24) is 0 Å². The zero-order valence-electron chi connectivity index (χ0n) is 22.9. The molecule has 3 aliphatic carbocycles. The van der Waals surface area contributed by atoms with Crippen molar-refractivity contribution in [3.63, 3.8) is 0 Å². The Hall–Kier alpha value is -2.60. The summed E-state index contributed by atoms with van der Waals surface area (Å²) in [5, 5.41) is 34.6. The molecule has 0 amide bonds. The summed E-state index contributed by atoms with van der Waals surface area (Å²) in [6.45, 7) is 8.62. The van der Waals surface area contributed by atoms with Gasteiger partial charge in [0.25, 0.3) is 0 Å². The Morgan fingerprint density at radius 3 is 2.46 bits per heavy atom. The number of fused-ring (bicyclic) bond motifs is 2. The van der Waals surface area contributed by atoms with E-state index in [1.165, 1.54) is 12.2 Å². The van der Waals surface area contributed by atoms with Crippen molar-refractivity contribution in [3.8, 4) is 0 Å². The van der Waals surface area contributed by atoms with E-state index in [2.05, 4.69) is 0 Å². The van der Waals surface area contributed by atoms with Crippen LogP contribution in [0.5, 0.6) is 0 Å². The average molecular weight is 549 g/mol. The zero-order chi connectivity index (χ0) is 28.8. The standard InChI is InChI=1S/C28H36O11/c1-11(2)12(3)8-17(30)39-19-21-27-10-37-28(21,25(35)36-6)23(33)18(31)20(27)26(5)14(9-16(27)38-24(19)34)13(4)7-15(29)22(26)32/h7-8,11,14,16,18-23,31-33H,9-10H2,1-6H3/b12-8+/t14-,16+,18+,19+,20+,21+,22+,23-,26-,27+,28+/m0/s1. The number of methoxy groups -OCH3 is 1. The fourth-order valence-electron chi connectivity index (χ4n) is 8.32. The van der Waals surface area contributed by atoms with Crippen LogP contribution in [0.1, 0.15) is 41.0 Å². The quantitative estimate of drug-likeness (QED) is 0.250. The van der Waals surface area contributed by atoms with Crippen LogP contribution in [0.2, 0.25) is 0 Å². The molecule has 2 bridgehead atoms. The maximum Gasteiger partial charge on any atom is 0.348 e. The fraction of sp³-hybridized carbons (Fsp3) is 0.714. The normalized spacial score (nSPS) is 46.6. The van der Waals surface area contributed by atoms with Crippen molar-refractivity contribution in [1.29, 1.82) is 0 Å². The topological polar surface area (TPSA) is 166 Å². The second-order valence-corrected chi connectivity index (χ2v) is 12.3. The Morgan fingerprint density at radius 2 is 1.85 bits per heavy atom. The number of ether oxygens (including phenoxy) is 4. The number of allylic oxidation sites excluding steroid dienone is 2. The molecule has 3 N–H and O–H groups in total. The highest BCUT2D eigenvalue weighted by Crippen LogP contribution is 2.72. The lowest BCUT2D eigenvalue weighted by atomic mass is 9.38. The predicted octanol–water partition coefficient (Wildman–Crippen LogP) is 0.238. The minimum absolute atomic E-state index is 0.0210. The highest BCUT2D eigenvalue weighted by atomic mass is 16.6. The van der Waals surface area contributed by atoms with Gasteiger partial charge in [-0.3, -0.25) is 4.79 Å². The Balaban J connectivity index is 1.72. The largest absolute Gasteiger partial charge is 0.467 e. The van der Waals surface area contributed by atoms with Gasteiger partial charge >= 0.3 is 17.9 Å². The number of rotatable bonds is 4. The van der Waals surface area contributed by atoms with Crippen LogP contribution in [-0.4, -0.2) is 88.8 Å². The molecular weight excluding hydrogens is 512 g/mol. The van der Waals surface area contributed by atoms with Crippen molar-refractivity contribution < 1.29 is 53.4 Å². The van der Waals surface area contributed by atoms with Crippen LogP contribution in [0, 0.1) is 34.5 Å². The van der Waals surface area contributed by atoms with Crippen LogP contribution < -0.4 is 0 Å². The minimum atomic E-state index is -2.26. The van der Waals surface area contributed by atoms with Crippen molar-refractivity contribution in [2.45, 2.75) is 77.2 Å². The summed E-state index contributed by atoms with van der Waals surface area (Å²) >= 11 is 0. The molecule has 0 aromatic heterocycles. The molecule has 5 aliphatic rings. The Kier molecular flexibility index (Phi) is 6.42. The van der Waals surface area contributed by atoms with Gasteiger partial charge in [0.1, 0.15) is 18.3 Å². The molecular formula is C28H36O11. The first-order chi connectivity index (χ1) is 18.2. The number of aliphatic hydroxyl groups excluding tert-OH is 3. The molecule has 1 spiro atoms. The molecule has 2 saturated carbocycles. The number of esters is 3. The maximum absolute atomic E-state index is 13.5. The maximum atomic E-state index is 13.5. The Morgan fingerprint density at radius 1 is 1.18 bits per heavy atom. The Labute approximate surface area is 226 Å². The van der Waals surface area contributed by atoms with Gasteiger partial charge in [-0.15, -0.1) is 0 Å². The molecule has 11 atom stereocenters. The van der Waals surface area contributed by atoms with Crippen LogP contribution >= 0.6 is 0 Å². The van der Waals surface area contributed by atoms with Crippen LogP contribution in [-0.2, 0) is 38.1 Å². The van der Waals surface area contributed by atoms with Crippen LogP contribution in [0.3, 0.4) is 0 Å². The summed E-state index contributed by atoms with van der Waals surface area (Å²) in [4.78, 5) is 52.7. The zero-order valence-corrected chi connectivity index (χ0v) is 22.9. The number of carbonyl (C=O) groups is 4. The van der Waals surface area contributed by atoms with Gasteiger partial charge in [0.15, 0.2) is 5.78 Å². The van der Waals surface area contributed by atoms with E-state index in [0.29, 0.717) is 11.1 Å². The van der Waals surface area contributed by atoms with Crippen molar-refractivity contribution >= 4 is 23.7 Å². The lowest BCUT2D eigenvalue weighted by molar-refractivity contribution is -0.297. The van der Waals surface area contributed by atoms with Gasteiger partial charge in [0.2, 0.25) is 11.7 Å². The number of hydrogen-bond acceptors (Lipinski definition) is 11. The van der Waals surface area contributed by atoms with Gasteiger partial charge in [0, 0.05) is 22.8 Å². The third-order valence-electron chi connectivity index (χ3n) is 10.3. The first kappa shape index (κ1) is 27.9. The third-order valence-corrected chi connectivity index (χ3v) is 10.3. The van der Waals surface area contributed by atoms with Gasteiger partial charge in [-0.05, 0) is 38.2 Å². The number of aliphatic hydroxyl groups is 3. The second kappa shape index (κ2) is 8.95. The molecule has 11 heteroatoms. The van der Waals surface area contributed by atoms with Crippen molar-refractivity contribution in [2.24, 2.45) is 34.5 Å². The minimum Gasteiger partial charge on any atom is -0.467 e. The summed E-state index contributed by atoms with van der Waals surface area (Å²) in [5.41, 5.74) is -3.65. The number of hydrogen-bond donors (Lipinski definition) is 3. The van der Waals surface area contributed by atoms with Crippen LogP contribution in [0.25, 0.3) is 0 Å². The SMILES string of the molecule is COC(=O)[C@]12OC[C@]34[C@H]([C@@H](O)[C@@H]1O)[C@@]1(C)[C@H](O)C(=O)C=C(C)[C@@H]1C[C@H]3OC(=O)[C@H](OC(=O)/C=C(\C)C(C)C)[C@@H]24. The van der Waals surface area contributed by atoms with Gasteiger partial charge in [-0.25, -0.2) is 14.4 Å². The van der Waals surface area contributed by atoms with E-state index < -0.39 is 88.4 Å². The van der Waals surface area contributed by atoms with Crippen molar-refractivity contribution in [3.05, 3.63) is 23.3 Å². The van der Waals surface area contributed by atoms with E-state index in [4.69, 9.17) is 18.9 Å². The van der Waals surface area contributed by atoms with E-state index in [1.54, 1.807) is 20.8 Å². The molecule has 0 unspecified atom stereocenters. The molecule has 2 aliphatic heterocycles. The average Bonchev–Trinajstić information content (AvgIpc) is 3.18. The van der Waals surface area contributed by atoms with Crippen molar-refractivity contribution in [2.75, 3.05) is 13.7 Å². The molecule has 2 saturated heterocycles. The van der Waals surface area contributed by atoms with E-state index in [-0.39, 0.29) is 18.9 Å². The highest BCUT2D eigenvalue weighted by molar-refractivity contribution is 5.96. The molecule has 2 heterocycles. The summed E-state index contributed by atoms with van der Waals surface area (Å²) in [5.74, 6) is -6.23. The van der Waals surface area contributed by atoms with E-state index >= 15 is 0 Å². The lowest BCUT2D eigenvalue weighted by Crippen LogP contribution is -2.80. The smallest absolute Gasteiger partial charge is 0.348 e. The van der Waals surface area contributed by atoms with E-state index in [0.717, 1.165) is 7.11 Å². The first-order valence-electron chi connectivity index (χ1n) is 13.3. The van der Waals surface area contributed by atoms with E-state index in [1.807, 2.05) is 13.8 Å². The van der Waals surface area contributed by atoms with Crippen LogP contribution in [0.4, 0.5) is 0 Å². The van der Waals surface area contributed by atoms with Crippen LogP contribution in [0.15, 0.2) is 23.3 Å². The highest BCUT2D eigenvalue weighted by Gasteiger charge is 2.85. The summed E-state index contributed by atoms with van der Waals surface area (Å²) < 4.78 is 22.6. The molecule has 0 aromatic carbocycles. The molecule has 11 nitrogen and oxygen atoms in total. The molecule has 5 rings (SSSR count). The van der Waals surface area contributed by atoms with Gasteiger partial charge < -0.3 is 34.3 Å². The molecule has 4 fully saturated rings. The van der Waals surface area contributed by atoms with Gasteiger partial charge in [0.05, 0.1) is 25.7 Å². The Bertz CT molecular complexity index is 1190. The predicted molar refractivity (Wildman–Crippen MR) is 131 cm³/mol. The van der Waals surface area contributed by atoms with Gasteiger partial charge in [-0.2, -0.15) is 0 Å². The summed E-state index contributed by atoms with van der Waals surface area (Å²) in [6, 6.07) is 0. The number of ketones is 1. The van der Waals surface area contributed by atoms with Gasteiger partial charge in [-0.1, -0.05) is 31.9 Å². The second-order valence-electron chi connectivity index (χ2n) is 12.3. The van der Waals surface area contributed by atoms with E-state index in [9.17, 15) is 34.5 Å².